The van der Waals surface area contributed by atoms with Crippen molar-refractivity contribution in [3.63, 3.8) is 0 Å². The van der Waals surface area contributed by atoms with Crippen LogP contribution in [0.1, 0.15) is 10.6 Å². The molecule has 0 saturated heterocycles. The van der Waals surface area contributed by atoms with Crippen molar-refractivity contribution in [3.8, 4) is 17.0 Å². The van der Waals surface area contributed by atoms with E-state index in [0.29, 0.717) is 5.75 Å². The Morgan fingerprint density at radius 3 is 2.69 bits per heavy atom. The van der Waals surface area contributed by atoms with Crippen LogP contribution in [0.4, 0.5) is 0 Å². The van der Waals surface area contributed by atoms with E-state index in [4.69, 9.17) is 4.74 Å². The Bertz CT molecular complexity index is 1030. The first-order valence-corrected chi connectivity index (χ1v) is 10.9. The second-order valence-electron chi connectivity index (χ2n) is 5.57. The Kier molecular flexibility index (Phi) is 5.76. The summed E-state index contributed by atoms with van der Waals surface area (Å²) >= 11 is 4.90. The van der Waals surface area contributed by atoms with E-state index in [1.807, 2.05) is 36.6 Å². The van der Waals surface area contributed by atoms with Gasteiger partial charge >= 0.3 is 0 Å². The highest BCUT2D eigenvalue weighted by molar-refractivity contribution is 9.10. The van der Waals surface area contributed by atoms with Crippen molar-refractivity contribution in [1.82, 2.24) is 9.71 Å². The van der Waals surface area contributed by atoms with Crippen LogP contribution < -0.4 is 9.46 Å². The number of methoxy groups -OCH3 is 1. The minimum absolute atomic E-state index is 0.0955. The monoisotopic (exact) mass is 452 g/mol. The Morgan fingerprint density at radius 2 is 2.04 bits per heavy atom. The molecule has 1 aromatic heterocycles. The van der Waals surface area contributed by atoms with Crippen molar-refractivity contribution in [2.45, 2.75) is 18.4 Å². The van der Waals surface area contributed by atoms with Crippen molar-refractivity contribution < 1.29 is 13.2 Å². The van der Waals surface area contributed by atoms with Gasteiger partial charge in [-0.1, -0.05) is 28.1 Å². The maximum absolute atomic E-state index is 12.8. The smallest absolute Gasteiger partial charge is 0.244 e. The van der Waals surface area contributed by atoms with Gasteiger partial charge in [0, 0.05) is 22.0 Å². The molecule has 0 spiro atoms. The van der Waals surface area contributed by atoms with E-state index in [2.05, 4.69) is 25.6 Å². The van der Waals surface area contributed by atoms with E-state index in [1.165, 1.54) is 18.4 Å². The summed E-state index contributed by atoms with van der Waals surface area (Å²) in [6.07, 6.45) is 0. The molecule has 136 valence electrons. The molecule has 0 saturated carbocycles. The summed E-state index contributed by atoms with van der Waals surface area (Å²) in [7, 11) is -2.30. The van der Waals surface area contributed by atoms with Gasteiger partial charge < -0.3 is 4.74 Å². The first-order valence-electron chi connectivity index (χ1n) is 7.74. The van der Waals surface area contributed by atoms with E-state index in [-0.39, 0.29) is 11.4 Å². The molecule has 0 aliphatic carbocycles. The number of aromatic nitrogens is 1. The van der Waals surface area contributed by atoms with Crippen LogP contribution in [-0.2, 0) is 16.6 Å². The summed E-state index contributed by atoms with van der Waals surface area (Å²) in [5, 5.41) is 2.83. The molecule has 3 aromatic rings. The van der Waals surface area contributed by atoms with E-state index in [1.54, 1.807) is 18.2 Å². The molecule has 0 unspecified atom stereocenters. The van der Waals surface area contributed by atoms with Gasteiger partial charge in [-0.25, -0.2) is 18.1 Å². The molecule has 26 heavy (non-hydrogen) atoms. The predicted molar refractivity (Wildman–Crippen MR) is 107 cm³/mol. The molecule has 2 aromatic carbocycles. The lowest BCUT2D eigenvalue weighted by Crippen LogP contribution is -2.23. The van der Waals surface area contributed by atoms with E-state index in [0.717, 1.165) is 26.3 Å². The van der Waals surface area contributed by atoms with E-state index in [9.17, 15) is 8.42 Å². The normalized spacial score (nSPS) is 11.5. The van der Waals surface area contributed by atoms with E-state index >= 15 is 0 Å². The number of benzene rings is 2. The van der Waals surface area contributed by atoms with Gasteiger partial charge in [0.25, 0.3) is 0 Å². The molecule has 8 heteroatoms. The van der Waals surface area contributed by atoms with Gasteiger partial charge in [0.2, 0.25) is 10.0 Å². The van der Waals surface area contributed by atoms with Crippen LogP contribution in [-0.4, -0.2) is 20.5 Å². The fourth-order valence-corrected chi connectivity index (χ4v) is 4.72. The van der Waals surface area contributed by atoms with Crippen molar-refractivity contribution in [1.29, 1.82) is 0 Å². The first kappa shape index (κ1) is 19.0. The summed E-state index contributed by atoms with van der Waals surface area (Å²) in [5.41, 5.74) is 2.34. The van der Waals surface area contributed by atoms with Crippen LogP contribution in [0, 0.1) is 6.92 Å². The largest absolute Gasteiger partial charge is 0.495 e. The van der Waals surface area contributed by atoms with Crippen LogP contribution >= 0.6 is 27.3 Å². The summed E-state index contributed by atoms with van der Waals surface area (Å²) in [4.78, 5) is 4.52. The third kappa shape index (κ3) is 4.32. The number of ether oxygens (including phenoxy) is 1. The van der Waals surface area contributed by atoms with E-state index < -0.39 is 10.0 Å². The highest BCUT2D eigenvalue weighted by Gasteiger charge is 2.21. The number of sulfonamides is 1. The number of hydrogen-bond acceptors (Lipinski definition) is 5. The first-order chi connectivity index (χ1) is 12.4. The van der Waals surface area contributed by atoms with Crippen LogP contribution in [0.2, 0.25) is 0 Å². The minimum atomic E-state index is -3.75. The lowest BCUT2D eigenvalue weighted by Gasteiger charge is -2.12. The summed E-state index contributed by atoms with van der Waals surface area (Å²) in [5.74, 6) is 0.294. The average molecular weight is 453 g/mol. The summed E-state index contributed by atoms with van der Waals surface area (Å²) < 4.78 is 34.5. The second kappa shape index (κ2) is 7.87. The molecule has 0 aliphatic heterocycles. The molecular weight excluding hydrogens is 436 g/mol. The fraction of sp³-hybridized carbons (Fsp3) is 0.167. The van der Waals surface area contributed by atoms with Crippen LogP contribution in [0.3, 0.4) is 0 Å². The molecule has 1 heterocycles. The molecule has 0 amide bonds. The SMILES string of the molecule is COc1ccc(-c2csc(C)n2)cc1S(=O)(=O)NCc1cccc(Br)c1. The number of rotatable bonds is 6. The number of nitrogens with zero attached hydrogens (tertiary/aromatic N) is 1. The second-order valence-corrected chi connectivity index (χ2v) is 9.29. The molecule has 0 bridgehead atoms. The summed E-state index contributed by atoms with van der Waals surface area (Å²) in [6.45, 7) is 2.10. The van der Waals surface area contributed by atoms with Crippen LogP contribution in [0.15, 0.2) is 57.2 Å². The van der Waals surface area contributed by atoms with Gasteiger partial charge in [-0.15, -0.1) is 11.3 Å². The maximum atomic E-state index is 12.8. The summed E-state index contributed by atoms with van der Waals surface area (Å²) in [6, 6.07) is 12.5. The van der Waals surface area contributed by atoms with Gasteiger partial charge in [-0.2, -0.15) is 0 Å². The fourth-order valence-electron chi connectivity index (χ4n) is 2.45. The number of thiazole rings is 1. The minimum Gasteiger partial charge on any atom is -0.495 e. The van der Waals surface area contributed by atoms with Gasteiger partial charge in [-0.3, -0.25) is 0 Å². The quantitative estimate of drug-likeness (QED) is 0.602. The van der Waals surface area contributed by atoms with Crippen molar-refractivity contribution in [3.05, 3.63) is 62.9 Å². The zero-order chi connectivity index (χ0) is 18.7. The number of aryl methyl sites for hydroxylation is 1. The third-order valence-corrected chi connectivity index (χ3v) is 6.41. The lowest BCUT2D eigenvalue weighted by atomic mass is 10.2. The lowest BCUT2D eigenvalue weighted by molar-refractivity contribution is 0.402. The topological polar surface area (TPSA) is 68.3 Å². The zero-order valence-electron chi connectivity index (χ0n) is 14.2. The van der Waals surface area contributed by atoms with Gasteiger partial charge in [0.05, 0.1) is 17.8 Å². The third-order valence-electron chi connectivity index (χ3n) is 3.72. The van der Waals surface area contributed by atoms with Crippen molar-refractivity contribution in [2.24, 2.45) is 0 Å². The standard InChI is InChI=1S/C18H17BrN2O3S2/c1-12-21-16(11-25-12)14-6-7-17(24-2)18(9-14)26(22,23)20-10-13-4-3-5-15(19)8-13/h3-9,11,20H,10H2,1-2H3. The van der Waals surface area contributed by atoms with Crippen LogP contribution in [0.25, 0.3) is 11.3 Å². The Morgan fingerprint density at radius 1 is 1.23 bits per heavy atom. The molecule has 0 atom stereocenters. The van der Waals surface area contributed by atoms with Gasteiger partial charge in [-0.05, 0) is 42.8 Å². The maximum Gasteiger partial charge on any atom is 0.244 e. The average Bonchev–Trinajstić information content (AvgIpc) is 3.06. The predicted octanol–water partition coefficient (Wildman–Crippen LogP) is 4.37. The zero-order valence-corrected chi connectivity index (χ0v) is 17.4. The molecule has 3 rings (SSSR count). The molecule has 0 radical (unpaired) electrons. The molecule has 5 nitrogen and oxygen atoms in total. The Hall–Kier alpha value is -1.74. The Balaban J connectivity index is 1.92. The van der Waals surface area contributed by atoms with Gasteiger partial charge in [0.1, 0.15) is 10.6 Å². The highest BCUT2D eigenvalue weighted by atomic mass is 79.9. The molecule has 0 fully saturated rings. The van der Waals surface area contributed by atoms with Crippen molar-refractivity contribution >= 4 is 37.3 Å². The Labute approximate surface area is 165 Å². The number of halogens is 1. The van der Waals surface area contributed by atoms with Crippen LogP contribution in [0.5, 0.6) is 5.75 Å². The number of nitrogens with one attached hydrogen (secondary N) is 1. The molecular formula is C18H17BrN2O3S2. The van der Waals surface area contributed by atoms with Crippen molar-refractivity contribution in [2.75, 3.05) is 7.11 Å². The number of hydrogen-bond donors (Lipinski definition) is 1. The highest BCUT2D eigenvalue weighted by Crippen LogP contribution is 2.30. The molecule has 1 N–H and O–H groups in total. The molecule has 0 aliphatic rings. The van der Waals surface area contributed by atoms with Gasteiger partial charge in [0.15, 0.2) is 0 Å².